The highest BCUT2D eigenvalue weighted by atomic mass is 35.5. The van der Waals surface area contributed by atoms with Gasteiger partial charge in [-0.1, -0.05) is 73.1 Å². The first-order valence-corrected chi connectivity index (χ1v) is 12.4. The van der Waals surface area contributed by atoms with Crippen LogP contribution < -0.4 is 10.2 Å². The summed E-state index contributed by atoms with van der Waals surface area (Å²) in [6, 6.07) is 18.3. The van der Waals surface area contributed by atoms with Crippen LogP contribution >= 0.6 is 18.7 Å². The van der Waals surface area contributed by atoms with Gasteiger partial charge in [0, 0.05) is 21.9 Å². The zero-order chi connectivity index (χ0) is 21.5. The molecule has 0 aromatic heterocycles. The van der Waals surface area contributed by atoms with Gasteiger partial charge in [0.1, 0.15) is 7.14 Å². The number of allylic oxidation sites excluding steroid dienone is 2. The van der Waals surface area contributed by atoms with E-state index in [1.165, 1.54) is 4.90 Å². The fraction of sp³-hybridized carbons (Fsp3) is 0.333. The molecule has 2 amide bonds. The molecule has 154 valence electrons. The largest absolute Gasteiger partial charge is 0.318 e. The van der Waals surface area contributed by atoms with Crippen LogP contribution in [-0.4, -0.2) is 23.6 Å². The minimum absolute atomic E-state index is 0.265. The molecule has 2 bridgehead atoms. The molecule has 2 saturated heterocycles. The molecule has 3 aliphatic heterocycles. The Kier molecular flexibility index (Phi) is 3.93. The smallest absolute Gasteiger partial charge is 0.241 e. The lowest BCUT2D eigenvalue weighted by Crippen LogP contribution is -2.65. The fourth-order valence-corrected chi connectivity index (χ4v) is 11.0. The Morgan fingerprint density at radius 2 is 1.50 bits per heavy atom. The van der Waals surface area contributed by atoms with Gasteiger partial charge in [-0.15, -0.1) is 0 Å². The maximum absolute atomic E-state index is 14.6. The third-order valence-electron chi connectivity index (χ3n) is 8.05. The number of carbonyl (C=O) groups is 2. The average Bonchev–Trinajstić information content (AvgIpc) is 2.91. The summed E-state index contributed by atoms with van der Waals surface area (Å²) in [5.41, 5.74) is -3.24. The highest BCUT2D eigenvalue weighted by Gasteiger charge is 2.81. The predicted octanol–water partition coefficient (Wildman–Crippen LogP) is 4.79. The highest BCUT2D eigenvalue weighted by Crippen LogP contribution is 2.79. The van der Waals surface area contributed by atoms with E-state index >= 15 is 0 Å². The molecule has 5 unspecified atom stereocenters. The van der Waals surface area contributed by atoms with Gasteiger partial charge in [-0.05, 0) is 26.0 Å². The lowest BCUT2D eigenvalue weighted by molar-refractivity contribution is -0.142. The van der Waals surface area contributed by atoms with Crippen molar-refractivity contribution in [2.45, 2.75) is 26.4 Å². The molecule has 6 rings (SSSR count). The van der Waals surface area contributed by atoms with Crippen molar-refractivity contribution in [3.63, 3.8) is 0 Å². The van der Waals surface area contributed by atoms with Crippen LogP contribution in [-0.2, 0) is 14.2 Å². The van der Waals surface area contributed by atoms with E-state index in [9.17, 15) is 14.2 Å². The quantitative estimate of drug-likeness (QED) is 0.499. The van der Waals surface area contributed by atoms with Gasteiger partial charge >= 0.3 is 0 Å². The second-order valence-corrected chi connectivity index (χ2v) is 12.6. The van der Waals surface area contributed by atoms with Crippen molar-refractivity contribution in [2.75, 3.05) is 11.1 Å². The van der Waals surface area contributed by atoms with E-state index in [4.69, 9.17) is 11.6 Å². The number of hydrogen-bond donors (Lipinski definition) is 0. The monoisotopic (exact) mass is 439 g/mol. The van der Waals surface area contributed by atoms with Crippen molar-refractivity contribution < 1.29 is 14.2 Å². The molecule has 4 aliphatic rings. The number of nitrogens with zero attached hydrogens (tertiary/aromatic N) is 1. The molecule has 3 heterocycles. The van der Waals surface area contributed by atoms with E-state index < -0.39 is 29.0 Å². The number of carbonyl (C=O) groups excluding carboxylic acids is 2. The first-order valence-electron chi connectivity index (χ1n) is 10.1. The van der Waals surface area contributed by atoms with Crippen LogP contribution in [0.4, 0.5) is 5.69 Å². The topological polar surface area (TPSA) is 54.5 Å². The second kappa shape index (κ2) is 5.96. The number of benzene rings is 2. The van der Waals surface area contributed by atoms with E-state index in [0.717, 1.165) is 5.30 Å². The summed E-state index contributed by atoms with van der Waals surface area (Å²) in [5.74, 6) is -0.562. The lowest BCUT2D eigenvalue weighted by atomic mass is 9.50. The molecule has 0 N–H and O–H groups in total. The van der Waals surface area contributed by atoms with Crippen molar-refractivity contribution in [3.8, 4) is 0 Å². The zero-order valence-corrected chi connectivity index (χ0v) is 18.8. The average molecular weight is 440 g/mol. The fourth-order valence-electron chi connectivity index (χ4n) is 6.03. The minimum Gasteiger partial charge on any atom is -0.318 e. The first-order chi connectivity index (χ1) is 14.1. The van der Waals surface area contributed by atoms with Crippen LogP contribution in [0.1, 0.15) is 20.8 Å². The maximum atomic E-state index is 14.6. The third kappa shape index (κ3) is 1.98. The van der Waals surface area contributed by atoms with Crippen molar-refractivity contribution in [1.29, 1.82) is 0 Å². The zero-order valence-electron chi connectivity index (χ0n) is 17.1. The predicted molar refractivity (Wildman–Crippen MR) is 120 cm³/mol. The van der Waals surface area contributed by atoms with Crippen LogP contribution in [0.2, 0.25) is 0 Å². The summed E-state index contributed by atoms with van der Waals surface area (Å²) < 4.78 is 14.6. The number of anilines is 1. The Bertz CT molecular complexity index is 1160. The van der Waals surface area contributed by atoms with E-state index in [1.807, 2.05) is 57.2 Å². The number of fused-ring (bicyclic) bond motifs is 1. The first kappa shape index (κ1) is 19.8. The Balaban J connectivity index is 1.78. The molecule has 0 saturated carbocycles. The molecule has 2 aromatic carbocycles. The molecule has 1 aliphatic carbocycles. The lowest BCUT2D eigenvalue weighted by Gasteiger charge is -2.62. The van der Waals surface area contributed by atoms with Gasteiger partial charge in [0.05, 0.1) is 22.2 Å². The molecule has 30 heavy (non-hydrogen) atoms. The summed E-state index contributed by atoms with van der Waals surface area (Å²) in [6.45, 7) is 5.55. The number of hydrogen-bond acceptors (Lipinski definition) is 3. The third-order valence-corrected chi connectivity index (χ3v) is 12.4. The maximum Gasteiger partial charge on any atom is 0.241 e. The molecule has 2 aromatic rings. The van der Waals surface area contributed by atoms with Gasteiger partial charge in [0.25, 0.3) is 0 Å². The minimum atomic E-state index is -3.05. The molecule has 0 radical (unpaired) electrons. The summed E-state index contributed by atoms with van der Waals surface area (Å²) in [7, 11) is -3.05. The number of para-hydroxylation sites is 1. The van der Waals surface area contributed by atoms with Crippen LogP contribution in [0, 0.1) is 16.2 Å². The normalized spacial score (nSPS) is 39.8. The van der Waals surface area contributed by atoms with Crippen molar-refractivity contribution in [2.24, 2.45) is 16.2 Å². The van der Waals surface area contributed by atoms with Gasteiger partial charge in [0.15, 0.2) is 0 Å². The summed E-state index contributed by atoms with van der Waals surface area (Å²) in [6.07, 6.45) is 2.08. The number of rotatable bonds is 2. The molecule has 6 heteroatoms. The van der Waals surface area contributed by atoms with Gasteiger partial charge in [-0.2, -0.15) is 0 Å². The van der Waals surface area contributed by atoms with E-state index in [2.05, 4.69) is 0 Å². The van der Waals surface area contributed by atoms with E-state index in [0.29, 0.717) is 10.7 Å². The van der Waals surface area contributed by atoms with Crippen LogP contribution in [0.15, 0.2) is 71.8 Å². The van der Waals surface area contributed by atoms with Crippen LogP contribution in [0.25, 0.3) is 0 Å². The Morgan fingerprint density at radius 1 is 0.933 bits per heavy atom. The van der Waals surface area contributed by atoms with Crippen molar-refractivity contribution in [1.82, 2.24) is 0 Å². The second-order valence-electron chi connectivity index (χ2n) is 9.19. The summed E-state index contributed by atoms with van der Waals surface area (Å²) >= 11 is 6.75. The van der Waals surface area contributed by atoms with Gasteiger partial charge in [0.2, 0.25) is 11.8 Å². The molecular weight excluding hydrogens is 417 g/mol. The van der Waals surface area contributed by atoms with Gasteiger partial charge in [-0.3, -0.25) is 9.59 Å². The van der Waals surface area contributed by atoms with Crippen LogP contribution in [0.3, 0.4) is 0 Å². The number of halogens is 1. The Labute approximate surface area is 181 Å². The van der Waals surface area contributed by atoms with E-state index in [1.54, 1.807) is 30.3 Å². The number of amides is 2. The Morgan fingerprint density at radius 3 is 2.10 bits per heavy atom. The highest BCUT2D eigenvalue weighted by molar-refractivity contribution is 7.72. The standard InChI is InChI=1S/C24H23ClNO3P/c1-22-15-30(29,17-12-8-5-9-13-17)19(14-18(22)25)23(2)20(27)26(21(28)24(22,23)3)16-10-6-4-7-11-16/h4-14,19H,15H2,1-3H3. The molecule has 0 spiro atoms. The van der Waals surface area contributed by atoms with Crippen molar-refractivity contribution >= 4 is 41.5 Å². The van der Waals surface area contributed by atoms with E-state index in [-0.39, 0.29) is 18.0 Å². The summed E-state index contributed by atoms with van der Waals surface area (Å²) in [5, 5.41) is 1.27. The SMILES string of the molecule is CC12CP(=O)(c3ccccc3)C(C=C1Cl)C1(C)C(=O)N(c3ccccc3)C(=O)C21C. The molecular formula is C24H23ClNO3P. The van der Waals surface area contributed by atoms with Gasteiger partial charge < -0.3 is 4.57 Å². The van der Waals surface area contributed by atoms with Gasteiger partial charge in [-0.25, -0.2) is 4.90 Å². The number of imide groups is 1. The molecule has 5 atom stereocenters. The van der Waals surface area contributed by atoms with Crippen LogP contribution in [0.5, 0.6) is 0 Å². The molecule has 2 fully saturated rings. The van der Waals surface area contributed by atoms with Crippen molar-refractivity contribution in [3.05, 3.63) is 71.8 Å². The summed E-state index contributed by atoms with van der Waals surface area (Å²) in [4.78, 5) is 29.1. The Hall–Kier alpha value is -2.16. The molecule has 4 nitrogen and oxygen atoms in total.